The van der Waals surface area contributed by atoms with Crippen LogP contribution in [-0.4, -0.2) is 76.2 Å². The fraction of sp³-hybridized carbons (Fsp3) is 0.824. The van der Waals surface area contributed by atoms with Crippen LogP contribution in [0, 0.1) is 0 Å². The molecule has 0 aromatic heterocycles. The molecule has 1 unspecified atom stereocenters. The van der Waals surface area contributed by atoms with E-state index in [1.807, 2.05) is 13.8 Å². The van der Waals surface area contributed by atoms with Gasteiger partial charge in [-0.1, -0.05) is 0 Å². The van der Waals surface area contributed by atoms with Gasteiger partial charge in [0.2, 0.25) is 5.91 Å². The van der Waals surface area contributed by atoms with Crippen LogP contribution in [0.15, 0.2) is 0 Å². The largest absolute Gasteiger partial charge is 0.481 e. The molecule has 25 heavy (non-hydrogen) atoms. The zero-order chi connectivity index (χ0) is 19.4. The van der Waals surface area contributed by atoms with Crippen molar-refractivity contribution in [3.8, 4) is 0 Å². The summed E-state index contributed by atoms with van der Waals surface area (Å²) < 4.78 is 5.30. The quantitative estimate of drug-likeness (QED) is 0.712. The van der Waals surface area contributed by atoms with E-state index in [-0.39, 0.29) is 25.4 Å². The van der Waals surface area contributed by atoms with Crippen molar-refractivity contribution in [3.05, 3.63) is 0 Å². The molecule has 8 nitrogen and oxygen atoms in total. The number of nitrogens with one attached hydrogen (secondary N) is 1. The second-order valence-corrected chi connectivity index (χ2v) is 7.56. The van der Waals surface area contributed by atoms with Crippen LogP contribution in [0.3, 0.4) is 0 Å². The van der Waals surface area contributed by atoms with Crippen LogP contribution in [0.4, 0.5) is 4.79 Å². The van der Waals surface area contributed by atoms with Crippen LogP contribution in [0.5, 0.6) is 0 Å². The number of carboxylic acids is 1. The Labute approximate surface area is 149 Å². The van der Waals surface area contributed by atoms with Crippen molar-refractivity contribution in [1.82, 2.24) is 15.1 Å². The molecule has 1 rings (SSSR count). The van der Waals surface area contributed by atoms with Gasteiger partial charge in [-0.3, -0.25) is 14.9 Å². The third-order valence-corrected chi connectivity index (χ3v) is 4.10. The van der Waals surface area contributed by atoms with Gasteiger partial charge in [-0.15, -0.1) is 0 Å². The molecule has 1 aliphatic heterocycles. The lowest BCUT2D eigenvalue weighted by Gasteiger charge is -2.50. The molecule has 1 saturated heterocycles. The SMILES string of the molecule is CCN(CC)C(=O)C(C)NC1(CC(=O)O)CN(C(=O)OC(C)(C)C)C1. The molecule has 0 aromatic rings. The van der Waals surface area contributed by atoms with Gasteiger partial charge < -0.3 is 19.6 Å². The van der Waals surface area contributed by atoms with E-state index in [0.717, 1.165) is 0 Å². The van der Waals surface area contributed by atoms with Gasteiger partial charge in [0.1, 0.15) is 5.60 Å². The van der Waals surface area contributed by atoms with E-state index >= 15 is 0 Å². The molecule has 1 aliphatic rings. The normalized spacial score (nSPS) is 17.4. The fourth-order valence-electron chi connectivity index (χ4n) is 3.01. The van der Waals surface area contributed by atoms with Crippen LogP contribution >= 0.6 is 0 Å². The Balaban J connectivity index is 2.75. The number of likely N-dealkylation sites (tertiary alicyclic amines) is 1. The second-order valence-electron chi connectivity index (χ2n) is 7.56. The first kappa shape index (κ1) is 21.2. The molecular weight excluding hydrogens is 326 g/mol. The summed E-state index contributed by atoms with van der Waals surface area (Å²) in [5, 5.41) is 12.3. The highest BCUT2D eigenvalue weighted by molar-refractivity contribution is 5.82. The Hall–Kier alpha value is -1.83. The molecule has 8 heteroatoms. The molecule has 144 valence electrons. The predicted molar refractivity (Wildman–Crippen MR) is 93.3 cm³/mol. The first-order valence-corrected chi connectivity index (χ1v) is 8.69. The van der Waals surface area contributed by atoms with Crippen molar-refractivity contribution in [2.75, 3.05) is 26.2 Å². The molecule has 2 N–H and O–H groups in total. The van der Waals surface area contributed by atoms with E-state index in [1.165, 1.54) is 4.90 Å². The van der Waals surface area contributed by atoms with Gasteiger partial charge in [0.15, 0.2) is 0 Å². The number of rotatable bonds is 7. The molecule has 1 heterocycles. The highest BCUT2D eigenvalue weighted by Crippen LogP contribution is 2.27. The van der Waals surface area contributed by atoms with Crippen molar-refractivity contribution in [2.45, 2.75) is 65.1 Å². The van der Waals surface area contributed by atoms with E-state index in [1.54, 1.807) is 32.6 Å². The number of hydrogen-bond donors (Lipinski definition) is 2. The number of aliphatic carboxylic acids is 1. The van der Waals surface area contributed by atoms with Crippen molar-refractivity contribution >= 4 is 18.0 Å². The number of amides is 2. The molecule has 0 aromatic carbocycles. The molecule has 1 atom stereocenters. The summed E-state index contributed by atoms with van der Waals surface area (Å²) in [6, 6.07) is -0.528. The second kappa shape index (κ2) is 8.03. The number of carboxylic acid groups (broad SMARTS) is 1. The molecule has 0 aliphatic carbocycles. The van der Waals surface area contributed by atoms with Crippen LogP contribution < -0.4 is 5.32 Å². The molecule has 0 bridgehead atoms. The summed E-state index contributed by atoms with van der Waals surface area (Å²) >= 11 is 0. The smallest absolute Gasteiger partial charge is 0.410 e. The molecule has 0 spiro atoms. The Kier molecular flexibility index (Phi) is 6.82. The lowest BCUT2D eigenvalue weighted by Crippen LogP contribution is -2.73. The maximum Gasteiger partial charge on any atom is 0.410 e. The van der Waals surface area contributed by atoms with Crippen molar-refractivity contribution in [1.29, 1.82) is 0 Å². The van der Waals surface area contributed by atoms with Crippen molar-refractivity contribution in [3.63, 3.8) is 0 Å². The highest BCUT2D eigenvalue weighted by Gasteiger charge is 2.49. The highest BCUT2D eigenvalue weighted by atomic mass is 16.6. The summed E-state index contributed by atoms with van der Waals surface area (Å²) in [7, 11) is 0. The van der Waals surface area contributed by atoms with Crippen LogP contribution in [0.25, 0.3) is 0 Å². The number of hydrogen-bond acceptors (Lipinski definition) is 5. The maximum absolute atomic E-state index is 12.4. The minimum Gasteiger partial charge on any atom is -0.481 e. The predicted octanol–water partition coefficient (Wildman–Crippen LogP) is 1.30. The molecule has 1 fully saturated rings. The average molecular weight is 357 g/mol. The van der Waals surface area contributed by atoms with Crippen molar-refractivity contribution in [2.24, 2.45) is 0 Å². The van der Waals surface area contributed by atoms with Crippen LogP contribution in [0.1, 0.15) is 48.0 Å². The molecule has 0 saturated carbocycles. The summed E-state index contributed by atoms with van der Waals surface area (Å²) in [6.45, 7) is 12.4. The summed E-state index contributed by atoms with van der Waals surface area (Å²) in [6.07, 6.45) is -0.639. The van der Waals surface area contributed by atoms with Gasteiger partial charge in [-0.2, -0.15) is 0 Å². The van der Waals surface area contributed by atoms with Crippen LogP contribution in [0.2, 0.25) is 0 Å². The lowest BCUT2D eigenvalue weighted by atomic mass is 9.85. The number of carbonyl (C=O) groups is 3. The first-order chi connectivity index (χ1) is 11.4. The fourth-order valence-corrected chi connectivity index (χ4v) is 3.01. The lowest BCUT2D eigenvalue weighted by molar-refractivity contribution is -0.143. The topological polar surface area (TPSA) is 99.2 Å². The zero-order valence-electron chi connectivity index (χ0n) is 16.1. The summed E-state index contributed by atoms with van der Waals surface area (Å²) in [5.41, 5.74) is -1.42. The minimum atomic E-state index is -0.973. The van der Waals surface area contributed by atoms with E-state index in [0.29, 0.717) is 13.1 Å². The van der Waals surface area contributed by atoms with E-state index in [2.05, 4.69) is 5.32 Å². The number of likely N-dealkylation sites (N-methyl/N-ethyl adjacent to an activating group) is 1. The molecule has 0 radical (unpaired) electrons. The molecule has 2 amide bonds. The third kappa shape index (κ3) is 5.88. The summed E-state index contributed by atoms with van der Waals surface area (Å²) in [5.74, 6) is -1.05. The number of nitrogens with zero attached hydrogens (tertiary/aromatic N) is 2. The van der Waals surface area contributed by atoms with Gasteiger partial charge in [0.25, 0.3) is 0 Å². The number of carbonyl (C=O) groups excluding carboxylic acids is 2. The zero-order valence-corrected chi connectivity index (χ0v) is 16.1. The third-order valence-electron chi connectivity index (χ3n) is 4.10. The maximum atomic E-state index is 12.4. The Morgan fingerprint density at radius 2 is 1.76 bits per heavy atom. The van der Waals surface area contributed by atoms with E-state index in [4.69, 9.17) is 4.74 Å². The number of ether oxygens (including phenoxy) is 1. The van der Waals surface area contributed by atoms with Gasteiger partial charge in [0, 0.05) is 26.2 Å². The Morgan fingerprint density at radius 1 is 1.24 bits per heavy atom. The van der Waals surface area contributed by atoms with Gasteiger partial charge in [0.05, 0.1) is 18.0 Å². The monoisotopic (exact) mass is 357 g/mol. The van der Waals surface area contributed by atoms with Crippen molar-refractivity contribution < 1.29 is 24.2 Å². The van der Waals surface area contributed by atoms with E-state index in [9.17, 15) is 19.5 Å². The van der Waals surface area contributed by atoms with Gasteiger partial charge in [-0.05, 0) is 41.5 Å². The van der Waals surface area contributed by atoms with Gasteiger partial charge in [-0.25, -0.2) is 4.79 Å². The standard InChI is InChI=1S/C17H31N3O5/c1-7-19(8-2)14(23)12(3)18-17(9-13(21)22)10-20(11-17)15(24)25-16(4,5)6/h12,18H,7-11H2,1-6H3,(H,21,22). The Morgan fingerprint density at radius 3 is 2.16 bits per heavy atom. The van der Waals surface area contributed by atoms with Crippen LogP contribution in [-0.2, 0) is 14.3 Å². The first-order valence-electron chi connectivity index (χ1n) is 8.69. The summed E-state index contributed by atoms with van der Waals surface area (Å²) in [4.78, 5) is 38.9. The Bertz CT molecular complexity index is 505. The van der Waals surface area contributed by atoms with Gasteiger partial charge >= 0.3 is 12.1 Å². The van der Waals surface area contributed by atoms with E-state index < -0.39 is 29.2 Å². The minimum absolute atomic E-state index is 0.0783. The molecular formula is C17H31N3O5. The average Bonchev–Trinajstić information content (AvgIpc) is 2.42.